The number of ether oxygens (including phenoxy) is 1. The summed E-state index contributed by atoms with van der Waals surface area (Å²) in [5.41, 5.74) is -0.587. The molecule has 0 aliphatic heterocycles. The predicted octanol–water partition coefficient (Wildman–Crippen LogP) is 0.689. The van der Waals surface area contributed by atoms with Gasteiger partial charge in [-0.3, -0.25) is 0 Å². The van der Waals surface area contributed by atoms with Gasteiger partial charge in [-0.2, -0.15) is 0 Å². The minimum atomic E-state index is -1.45. The Bertz CT molecular complexity index is 258. The molecule has 0 rings (SSSR count). The first-order valence-electron chi connectivity index (χ1n) is 4.98. The van der Waals surface area contributed by atoms with Gasteiger partial charge in [-0.05, 0) is 20.8 Å². The largest absolute Gasteiger partial charge is 0.479 e. The van der Waals surface area contributed by atoms with E-state index in [1.165, 1.54) is 11.9 Å². The zero-order valence-corrected chi connectivity index (χ0v) is 10.1. The zero-order valence-electron chi connectivity index (χ0n) is 10.1. The Kier molecular flexibility index (Phi) is 5.23. The molecule has 0 fully saturated rings. The van der Waals surface area contributed by atoms with E-state index in [1.54, 1.807) is 20.8 Å². The van der Waals surface area contributed by atoms with Crippen LogP contribution in [-0.2, 0) is 9.53 Å². The minimum absolute atomic E-state index is 0.0227. The Morgan fingerprint density at radius 1 is 1.38 bits per heavy atom. The van der Waals surface area contributed by atoms with Gasteiger partial charge >= 0.3 is 12.1 Å². The highest BCUT2D eigenvalue weighted by Crippen LogP contribution is 2.09. The Labute approximate surface area is 94.8 Å². The third kappa shape index (κ3) is 6.23. The Morgan fingerprint density at radius 2 is 1.88 bits per heavy atom. The maximum atomic E-state index is 11.4. The standard InChI is InChI=1S/C10H19NO5/c1-10(2,3)16-9(15)11(4)6-5-7(12)8(13)14/h7,12H,5-6H2,1-4H3,(H,13,14)/t7-/m0/s1. The summed E-state index contributed by atoms with van der Waals surface area (Å²) < 4.78 is 5.05. The van der Waals surface area contributed by atoms with Gasteiger partial charge in [0.25, 0.3) is 0 Å². The lowest BCUT2D eigenvalue weighted by Crippen LogP contribution is -2.36. The van der Waals surface area contributed by atoms with E-state index in [0.717, 1.165) is 0 Å². The molecule has 0 aliphatic carbocycles. The molecule has 0 spiro atoms. The van der Waals surface area contributed by atoms with Gasteiger partial charge in [-0.15, -0.1) is 0 Å². The van der Waals surface area contributed by atoms with Crippen molar-refractivity contribution < 1.29 is 24.5 Å². The number of hydrogen-bond donors (Lipinski definition) is 2. The number of carboxylic acid groups (broad SMARTS) is 1. The first-order chi connectivity index (χ1) is 7.13. The van der Waals surface area contributed by atoms with Gasteiger partial charge < -0.3 is 19.8 Å². The molecule has 1 amide bonds. The van der Waals surface area contributed by atoms with Gasteiger partial charge in [-0.1, -0.05) is 0 Å². The lowest BCUT2D eigenvalue weighted by molar-refractivity contribution is -0.147. The molecule has 0 aromatic carbocycles. The summed E-state index contributed by atoms with van der Waals surface area (Å²) in [7, 11) is 1.49. The normalized spacial score (nSPS) is 13.1. The number of carbonyl (C=O) groups is 2. The fourth-order valence-corrected chi connectivity index (χ4v) is 0.871. The van der Waals surface area contributed by atoms with Gasteiger partial charge in [0.1, 0.15) is 5.60 Å². The molecule has 0 saturated carbocycles. The lowest BCUT2D eigenvalue weighted by Gasteiger charge is -2.24. The third-order valence-corrected chi connectivity index (χ3v) is 1.73. The predicted molar refractivity (Wildman–Crippen MR) is 57.1 cm³/mol. The second kappa shape index (κ2) is 5.69. The lowest BCUT2D eigenvalue weighted by atomic mass is 10.2. The first kappa shape index (κ1) is 14.7. The molecular formula is C10H19NO5. The van der Waals surface area contributed by atoms with Gasteiger partial charge in [-0.25, -0.2) is 9.59 Å². The van der Waals surface area contributed by atoms with Crippen LogP contribution in [0.25, 0.3) is 0 Å². The van der Waals surface area contributed by atoms with Crippen molar-refractivity contribution in [1.82, 2.24) is 4.90 Å². The maximum Gasteiger partial charge on any atom is 0.410 e. The van der Waals surface area contributed by atoms with Crippen LogP contribution in [0.1, 0.15) is 27.2 Å². The minimum Gasteiger partial charge on any atom is -0.479 e. The average Bonchev–Trinajstić information content (AvgIpc) is 2.10. The zero-order chi connectivity index (χ0) is 12.9. The SMILES string of the molecule is CN(CC[C@H](O)C(=O)O)C(=O)OC(C)(C)C. The van der Waals surface area contributed by atoms with Gasteiger partial charge in [0.05, 0.1) is 0 Å². The average molecular weight is 233 g/mol. The van der Waals surface area contributed by atoms with E-state index in [1.807, 2.05) is 0 Å². The van der Waals surface area contributed by atoms with E-state index in [4.69, 9.17) is 14.9 Å². The molecule has 0 bridgehead atoms. The number of nitrogens with zero attached hydrogens (tertiary/aromatic N) is 1. The Balaban J connectivity index is 4.02. The molecule has 16 heavy (non-hydrogen) atoms. The third-order valence-electron chi connectivity index (χ3n) is 1.73. The van der Waals surface area contributed by atoms with Crippen LogP contribution in [0, 0.1) is 0 Å². The van der Waals surface area contributed by atoms with Crippen LogP contribution in [0.3, 0.4) is 0 Å². The summed E-state index contributed by atoms with van der Waals surface area (Å²) in [5.74, 6) is -1.29. The second-order valence-corrected chi connectivity index (χ2v) is 4.54. The van der Waals surface area contributed by atoms with Crippen LogP contribution >= 0.6 is 0 Å². The molecule has 0 saturated heterocycles. The number of rotatable bonds is 4. The number of aliphatic hydroxyl groups is 1. The quantitative estimate of drug-likeness (QED) is 0.746. The van der Waals surface area contributed by atoms with Gasteiger partial charge in [0.15, 0.2) is 6.10 Å². The highest BCUT2D eigenvalue weighted by atomic mass is 16.6. The van der Waals surface area contributed by atoms with E-state index in [2.05, 4.69) is 0 Å². The summed E-state index contributed by atoms with van der Waals surface area (Å²) >= 11 is 0. The monoisotopic (exact) mass is 233 g/mol. The van der Waals surface area contributed by atoms with Crippen LogP contribution < -0.4 is 0 Å². The van der Waals surface area contributed by atoms with Crippen molar-refractivity contribution in [3.63, 3.8) is 0 Å². The summed E-state index contributed by atoms with van der Waals surface area (Å²) in [6.45, 7) is 5.35. The molecule has 2 N–H and O–H groups in total. The van der Waals surface area contributed by atoms with Crippen molar-refractivity contribution in [3.8, 4) is 0 Å². The number of aliphatic carboxylic acids is 1. The smallest absolute Gasteiger partial charge is 0.410 e. The fraction of sp³-hybridized carbons (Fsp3) is 0.800. The molecule has 94 valence electrons. The molecule has 6 nitrogen and oxygen atoms in total. The number of carbonyl (C=O) groups excluding carboxylic acids is 1. The van der Waals surface area contributed by atoms with Crippen LogP contribution in [0.15, 0.2) is 0 Å². The molecule has 0 aromatic rings. The van der Waals surface area contributed by atoms with Crippen molar-refractivity contribution >= 4 is 12.1 Å². The first-order valence-corrected chi connectivity index (χ1v) is 4.98. The van der Waals surface area contributed by atoms with Crippen LogP contribution in [0.5, 0.6) is 0 Å². The summed E-state index contributed by atoms with van der Waals surface area (Å²) in [4.78, 5) is 23.0. The van der Waals surface area contributed by atoms with E-state index in [-0.39, 0.29) is 13.0 Å². The van der Waals surface area contributed by atoms with Gasteiger partial charge in [0.2, 0.25) is 0 Å². The number of hydrogen-bond acceptors (Lipinski definition) is 4. The Hall–Kier alpha value is -1.30. The van der Waals surface area contributed by atoms with Crippen molar-refractivity contribution in [3.05, 3.63) is 0 Å². The van der Waals surface area contributed by atoms with E-state index < -0.39 is 23.8 Å². The second-order valence-electron chi connectivity index (χ2n) is 4.54. The molecular weight excluding hydrogens is 214 g/mol. The molecule has 0 heterocycles. The summed E-state index contributed by atoms with van der Waals surface area (Å²) in [6, 6.07) is 0. The van der Waals surface area contributed by atoms with Gasteiger partial charge in [0, 0.05) is 20.0 Å². The molecule has 0 aromatic heterocycles. The highest BCUT2D eigenvalue weighted by Gasteiger charge is 2.21. The molecule has 1 atom stereocenters. The van der Waals surface area contributed by atoms with Crippen molar-refractivity contribution in [2.45, 2.75) is 38.9 Å². The molecule has 6 heteroatoms. The van der Waals surface area contributed by atoms with Crippen LogP contribution in [-0.4, -0.2) is 52.5 Å². The molecule has 0 aliphatic rings. The van der Waals surface area contributed by atoms with Crippen molar-refractivity contribution in [2.75, 3.05) is 13.6 Å². The van der Waals surface area contributed by atoms with E-state index in [9.17, 15) is 9.59 Å². The fourth-order valence-electron chi connectivity index (χ4n) is 0.871. The highest BCUT2D eigenvalue weighted by molar-refractivity contribution is 5.72. The maximum absolute atomic E-state index is 11.4. The van der Waals surface area contributed by atoms with Crippen LogP contribution in [0.2, 0.25) is 0 Å². The molecule has 0 unspecified atom stereocenters. The van der Waals surface area contributed by atoms with Crippen LogP contribution in [0.4, 0.5) is 4.79 Å². The number of amides is 1. The van der Waals surface area contributed by atoms with E-state index >= 15 is 0 Å². The number of aliphatic hydroxyl groups excluding tert-OH is 1. The topological polar surface area (TPSA) is 87.1 Å². The number of carboxylic acids is 1. The van der Waals surface area contributed by atoms with Crippen molar-refractivity contribution in [2.24, 2.45) is 0 Å². The molecule has 0 radical (unpaired) electrons. The van der Waals surface area contributed by atoms with E-state index in [0.29, 0.717) is 0 Å². The summed E-state index contributed by atoms with van der Waals surface area (Å²) in [6.07, 6.45) is -2.01. The summed E-state index contributed by atoms with van der Waals surface area (Å²) in [5, 5.41) is 17.4. The van der Waals surface area contributed by atoms with Crippen molar-refractivity contribution in [1.29, 1.82) is 0 Å². The Morgan fingerprint density at radius 3 is 2.25 bits per heavy atom.